The second-order valence-corrected chi connectivity index (χ2v) is 5.97. The van der Waals surface area contributed by atoms with E-state index in [1.165, 1.54) is 17.5 Å². The van der Waals surface area contributed by atoms with Gasteiger partial charge in [0.1, 0.15) is 10.7 Å². The Labute approximate surface area is 171 Å². The van der Waals surface area contributed by atoms with Gasteiger partial charge in [-0.05, 0) is 12.1 Å². The predicted octanol–water partition coefficient (Wildman–Crippen LogP) is 3.64. The van der Waals surface area contributed by atoms with Gasteiger partial charge in [-0.1, -0.05) is 12.1 Å². The Morgan fingerprint density at radius 2 is 1.96 bits per heavy atom. The van der Waals surface area contributed by atoms with Gasteiger partial charge in [-0.2, -0.15) is 13.2 Å². The SMILES string of the molecule is COCCNCCNC(=O)c1csc(-c2cccc(C(F)(F)F)c2)n1.Cl.Cl. The molecule has 0 fully saturated rings. The van der Waals surface area contributed by atoms with E-state index in [0.717, 1.165) is 23.5 Å². The fraction of sp³-hybridized carbons (Fsp3) is 0.375. The maximum atomic E-state index is 12.8. The zero-order chi connectivity index (χ0) is 18.3. The third-order valence-electron chi connectivity index (χ3n) is 3.24. The van der Waals surface area contributed by atoms with E-state index in [4.69, 9.17) is 4.74 Å². The largest absolute Gasteiger partial charge is 0.416 e. The summed E-state index contributed by atoms with van der Waals surface area (Å²) in [7, 11) is 1.60. The number of aromatic nitrogens is 1. The van der Waals surface area contributed by atoms with Crippen LogP contribution in [0.15, 0.2) is 29.6 Å². The number of halogens is 5. The number of nitrogens with one attached hydrogen (secondary N) is 2. The number of amides is 1. The third-order valence-corrected chi connectivity index (χ3v) is 4.14. The van der Waals surface area contributed by atoms with Crippen molar-refractivity contribution in [3.8, 4) is 10.6 Å². The highest BCUT2D eigenvalue weighted by Gasteiger charge is 2.30. The summed E-state index contributed by atoms with van der Waals surface area (Å²) in [6.07, 6.45) is -4.41. The molecule has 0 bridgehead atoms. The summed E-state index contributed by atoms with van der Waals surface area (Å²) in [5, 5.41) is 7.68. The molecule has 1 aromatic carbocycles. The molecule has 0 aliphatic rings. The molecule has 1 amide bonds. The van der Waals surface area contributed by atoms with Crippen molar-refractivity contribution in [3.63, 3.8) is 0 Å². The van der Waals surface area contributed by atoms with Crippen molar-refractivity contribution in [3.05, 3.63) is 40.9 Å². The third kappa shape index (κ3) is 8.02. The van der Waals surface area contributed by atoms with Crippen LogP contribution in [-0.4, -0.2) is 44.2 Å². The van der Waals surface area contributed by atoms with Crippen LogP contribution in [0.2, 0.25) is 0 Å². The van der Waals surface area contributed by atoms with Crippen LogP contribution < -0.4 is 10.6 Å². The second kappa shape index (κ2) is 12.1. The molecular weight excluding hydrogens is 426 g/mol. The highest BCUT2D eigenvalue weighted by Crippen LogP contribution is 2.33. The molecule has 11 heteroatoms. The molecule has 152 valence electrons. The average Bonchev–Trinajstić information content (AvgIpc) is 3.07. The molecule has 0 atom stereocenters. The second-order valence-electron chi connectivity index (χ2n) is 5.12. The van der Waals surface area contributed by atoms with E-state index in [-0.39, 0.29) is 36.4 Å². The average molecular weight is 446 g/mol. The molecule has 2 rings (SSSR count). The van der Waals surface area contributed by atoms with Crippen LogP contribution in [0.5, 0.6) is 0 Å². The molecular formula is C16H20Cl2F3N3O2S. The molecule has 1 aromatic heterocycles. The normalized spacial score (nSPS) is 10.7. The number of carbonyl (C=O) groups excluding carboxylic acids is 1. The van der Waals surface area contributed by atoms with Gasteiger partial charge in [-0.15, -0.1) is 36.2 Å². The van der Waals surface area contributed by atoms with Gasteiger partial charge in [0.05, 0.1) is 12.2 Å². The van der Waals surface area contributed by atoms with Crippen molar-refractivity contribution in [2.75, 3.05) is 33.4 Å². The minimum Gasteiger partial charge on any atom is -0.383 e. The minimum atomic E-state index is -4.41. The Balaban J connectivity index is 0.00000338. The molecule has 0 saturated heterocycles. The van der Waals surface area contributed by atoms with Gasteiger partial charge in [0.15, 0.2) is 0 Å². The summed E-state index contributed by atoms with van der Waals surface area (Å²) in [4.78, 5) is 16.1. The monoisotopic (exact) mass is 445 g/mol. The number of ether oxygens (including phenoxy) is 1. The lowest BCUT2D eigenvalue weighted by Gasteiger charge is -2.07. The molecule has 5 nitrogen and oxygen atoms in total. The zero-order valence-electron chi connectivity index (χ0n) is 14.3. The van der Waals surface area contributed by atoms with Gasteiger partial charge in [-0.3, -0.25) is 4.79 Å². The Kier molecular flexibility index (Phi) is 11.5. The molecule has 0 radical (unpaired) electrons. The molecule has 0 aliphatic heterocycles. The summed E-state index contributed by atoms with van der Waals surface area (Å²) in [6, 6.07) is 4.89. The van der Waals surface area contributed by atoms with Crippen molar-refractivity contribution in [2.45, 2.75) is 6.18 Å². The van der Waals surface area contributed by atoms with Crippen molar-refractivity contribution >= 4 is 42.1 Å². The van der Waals surface area contributed by atoms with Gasteiger partial charge >= 0.3 is 6.18 Å². The van der Waals surface area contributed by atoms with E-state index in [9.17, 15) is 18.0 Å². The van der Waals surface area contributed by atoms with Crippen LogP contribution in [0.25, 0.3) is 10.6 Å². The quantitative estimate of drug-likeness (QED) is 0.608. The summed E-state index contributed by atoms with van der Waals surface area (Å²) in [5.41, 5.74) is -0.220. The Bertz CT molecular complexity index is 714. The van der Waals surface area contributed by atoms with Crippen molar-refractivity contribution in [2.24, 2.45) is 0 Å². The molecule has 0 saturated carbocycles. The van der Waals surface area contributed by atoms with Gasteiger partial charge in [-0.25, -0.2) is 4.98 Å². The fourth-order valence-electron chi connectivity index (χ4n) is 1.99. The van der Waals surface area contributed by atoms with Crippen LogP contribution in [0, 0.1) is 0 Å². The van der Waals surface area contributed by atoms with Gasteiger partial charge in [0.2, 0.25) is 0 Å². The molecule has 2 aromatic rings. The van der Waals surface area contributed by atoms with E-state index in [1.54, 1.807) is 7.11 Å². The number of benzene rings is 1. The highest BCUT2D eigenvalue weighted by atomic mass is 35.5. The first-order valence-corrected chi connectivity index (χ1v) is 8.41. The minimum absolute atomic E-state index is 0. The van der Waals surface area contributed by atoms with Crippen LogP contribution in [-0.2, 0) is 10.9 Å². The Hall–Kier alpha value is -1.39. The van der Waals surface area contributed by atoms with E-state index in [1.807, 2.05) is 0 Å². The summed E-state index contributed by atoms with van der Waals surface area (Å²) < 4.78 is 43.2. The maximum absolute atomic E-state index is 12.8. The van der Waals surface area contributed by atoms with Crippen LogP contribution >= 0.6 is 36.2 Å². The lowest BCUT2D eigenvalue weighted by molar-refractivity contribution is -0.137. The Morgan fingerprint density at radius 3 is 2.63 bits per heavy atom. The van der Waals surface area contributed by atoms with Crippen molar-refractivity contribution in [1.82, 2.24) is 15.6 Å². The van der Waals surface area contributed by atoms with Crippen molar-refractivity contribution < 1.29 is 22.7 Å². The number of thiazole rings is 1. The zero-order valence-corrected chi connectivity index (χ0v) is 16.8. The Morgan fingerprint density at radius 1 is 1.22 bits per heavy atom. The summed E-state index contributed by atoms with van der Waals surface area (Å²) in [5.74, 6) is -0.358. The molecule has 2 N–H and O–H groups in total. The summed E-state index contributed by atoms with van der Waals surface area (Å²) >= 11 is 1.13. The first-order valence-electron chi connectivity index (χ1n) is 7.53. The number of hydrogen-bond donors (Lipinski definition) is 2. The number of carbonyl (C=O) groups is 1. The molecule has 0 spiro atoms. The van der Waals surface area contributed by atoms with Crippen LogP contribution in [0.1, 0.15) is 16.1 Å². The van der Waals surface area contributed by atoms with Gasteiger partial charge in [0.25, 0.3) is 5.91 Å². The van der Waals surface area contributed by atoms with Crippen LogP contribution in [0.3, 0.4) is 0 Å². The topological polar surface area (TPSA) is 63.2 Å². The number of alkyl halides is 3. The van der Waals surface area contributed by atoms with Crippen molar-refractivity contribution in [1.29, 1.82) is 0 Å². The number of rotatable bonds is 8. The van der Waals surface area contributed by atoms with E-state index >= 15 is 0 Å². The van der Waals surface area contributed by atoms with Gasteiger partial charge in [0, 0.05) is 37.7 Å². The predicted molar refractivity (Wildman–Crippen MR) is 104 cm³/mol. The van der Waals surface area contributed by atoms with E-state index < -0.39 is 11.7 Å². The van der Waals surface area contributed by atoms with E-state index in [0.29, 0.717) is 36.8 Å². The smallest absolute Gasteiger partial charge is 0.383 e. The standard InChI is InChI=1S/C16H18F3N3O2S.2ClH/c1-24-8-7-20-5-6-21-14(23)13-10-25-15(22-13)11-3-2-4-12(9-11)16(17,18)19;;/h2-4,9-10,20H,5-8H2,1H3,(H,21,23);2*1H. The first-order chi connectivity index (χ1) is 11.9. The number of nitrogens with zero attached hydrogens (tertiary/aromatic N) is 1. The lowest BCUT2D eigenvalue weighted by Crippen LogP contribution is -2.33. The first kappa shape index (κ1) is 25.6. The molecule has 1 heterocycles. The molecule has 0 aliphatic carbocycles. The fourth-order valence-corrected chi connectivity index (χ4v) is 2.79. The van der Waals surface area contributed by atoms with Gasteiger partial charge < -0.3 is 15.4 Å². The van der Waals surface area contributed by atoms with Crippen LogP contribution in [0.4, 0.5) is 13.2 Å². The summed E-state index contributed by atoms with van der Waals surface area (Å²) in [6.45, 7) is 2.27. The molecule has 0 unspecified atom stereocenters. The molecule has 27 heavy (non-hydrogen) atoms. The highest BCUT2D eigenvalue weighted by molar-refractivity contribution is 7.13. The maximum Gasteiger partial charge on any atom is 0.416 e. The van der Waals surface area contributed by atoms with E-state index in [2.05, 4.69) is 15.6 Å². The lowest BCUT2D eigenvalue weighted by atomic mass is 10.1. The number of hydrogen-bond acceptors (Lipinski definition) is 5. The number of methoxy groups -OCH3 is 1.